The van der Waals surface area contributed by atoms with E-state index in [2.05, 4.69) is 0 Å². The van der Waals surface area contributed by atoms with Gasteiger partial charge in [-0.25, -0.2) is 0 Å². The summed E-state index contributed by atoms with van der Waals surface area (Å²) in [6.07, 6.45) is -0.252. The van der Waals surface area contributed by atoms with Crippen LogP contribution in [-0.2, 0) is 11.3 Å². The van der Waals surface area contributed by atoms with Gasteiger partial charge in [-0.1, -0.05) is 18.2 Å². The van der Waals surface area contributed by atoms with Gasteiger partial charge in [-0.2, -0.15) is 0 Å². The van der Waals surface area contributed by atoms with Crippen molar-refractivity contribution in [1.29, 1.82) is 0 Å². The smallest absolute Gasteiger partial charge is 0.196 e. The fraction of sp³-hybridized carbons (Fsp3) is 0.375. The molecule has 1 unspecified atom stereocenters. The van der Waals surface area contributed by atoms with Crippen molar-refractivity contribution in [2.75, 3.05) is 6.61 Å². The molecule has 1 atom stereocenters. The number of aliphatic hydroxyl groups is 1. The van der Waals surface area contributed by atoms with Crippen LogP contribution in [0.3, 0.4) is 0 Å². The number of hydrogen-bond acceptors (Lipinski definition) is 3. The minimum absolute atomic E-state index is 0.0641. The van der Waals surface area contributed by atoms with Crippen LogP contribution in [0, 0.1) is 6.92 Å². The lowest BCUT2D eigenvalue weighted by Gasteiger charge is -2.17. The molecule has 0 aliphatic carbocycles. The van der Waals surface area contributed by atoms with Crippen molar-refractivity contribution in [2.45, 2.75) is 33.7 Å². The molecule has 0 saturated heterocycles. The van der Waals surface area contributed by atoms with Crippen molar-refractivity contribution in [3.63, 3.8) is 0 Å². The summed E-state index contributed by atoms with van der Waals surface area (Å²) in [5.41, 5.74) is 2.01. The topological polar surface area (TPSA) is 38.7 Å². The minimum Gasteiger partial charge on any atom is -0.465 e. The molecule has 2 aromatic carbocycles. The summed E-state index contributed by atoms with van der Waals surface area (Å²) in [5, 5.41) is 11.4. The molecular formula is C16H20O3. The third-order valence-electron chi connectivity index (χ3n) is 3.18. The number of aryl methyl sites for hydroxylation is 1. The van der Waals surface area contributed by atoms with E-state index in [1.165, 1.54) is 0 Å². The fourth-order valence-electron chi connectivity index (χ4n) is 2.19. The summed E-state index contributed by atoms with van der Waals surface area (Å²) in [4.78, 5) is 0. The largest absolute Gasteiger partial charge is 0.465 e. The van der Waals surface area contributed by atoms with Crippen molar-refractivity contribution in [1.82, 2.24) is 0 Å². The lowest BCUT2D eigenvalue weighted by atomic mass is 10.0. The van der Waals surface area contributed by atoms with Crippen molar-refractivity contribution < 1.29 is 14.6 Å². The summed E-state index contributed by atoms with van der Waals surface area (Å²) >= 11 is 0. The van der Waals surface area contributed by atoms with Crippen LogP contribution in [0.1, 0.15) is 25.0 Å². The molecule has 0 aliphatic heterocycles. The van der Waals surface area contributed by atoms with Gasteiger partial charge in [0.25, 0.3) is 0 Å². The molecule has 0 saturated carbocycles. The molecule has 2 rings (SSSR count). The number of ether oxygens (including phenoxy) is 2. The van der Waals surface area contributed by atoms with Gasteiger partial charge >= 0.3 is 0 Å². The second-order valence-corrected chi connectivity index (χ2v) is 4.54. The Hall–Kier alpha value is -1.58. The Morgan fingerprint density at radius 1 is 1.21 bits per heavy atom. The molecule has 0 heterocycles. The molecule has 0 amide bonds. The van der Waals surface area contributed by atoms with Crippen LogP contribution in [0.4, 0.5) is 0 Å². The van der Waals surface area contributed by atoms with Crippen molar-refractivity contribution in [3.05, 3.63) is 41.5 Å². The second kappa shape index (κ2) is 6.04. The second-order valence-electron chi connectivity index (χ2n) is 4.54. The molecule has 3 heteroatoms. The Bertz CT molecular complexity index is 563. The van der Waals surface area contributed by atoms with E-state index < -0.39 is 0 Å². The highest BCUT2D eigenvalue weighted by Crippen LogP contribution is 2.28. The summed E-state index contributed by atoms with van der Waals surface area (Å²) in [6, 6.07) is 9.92. The number of hydrogen-bond donors (Lipinski definition) is 1. The normalized spacial score (nSPS) is 12.6. The number of fused-ring (bicyclic) bond motifs is 1. The molecular weight excluding hydrogens is 240 g/mol. The average molecular weight is 260 g/mol. The highest BCUT2D eigenvalue weighted by Gasteiger charge is 2.09. The summed E-state index contributed by atoms with van der Waals surface area (Å²) in [7, 11) is 0. The first kappa shape index (κ1) is 13.8. The van der Waals surface area contributed by atoms with E-state index in [1.54, 1.807) is 0 Å². The van der Waals surface area contributed by atoms with E-state index in [4.69, 9.17) is 14.6 Å². The Morgan fingerprint density at radius 3 is 2.68 bits per heavy atom. The standard InChI is InChI=1S/C16H20O3/c1-4-18-12(3)19-16-8-6-14-9-13(10-17)5-7-15(14)11(16)2/h5-9,12,17H,4,10H2,1-3H3. The number of rotatable bonds is 5. The van der Waals surface area contributed by atoms with Crippen LogP contribution >= 0.6 is 0 Å². The van der Waals surface area contributed by atoms with Gasteiger partial charge in [0.15, 0.2) is 6.29 Å². The highest BCUT2D eigenvalue weighted by atomic mass is 16.7. The van der Waals surface area contributed by atoms with Crippen molar-refractivity contribution >= 4 is 10.8 Å². The van der Waals surface area contributed by atoms with Gasteiger partial charge in [-0.15, -0.1) is 0 Å². The highest BCUT2D eigenvalue weighted by molar-refractivity contribution is 5.88. The van der Waals surface area contributed by atoms with Gasteiger partial charge in [0, 0.05) is 6.61 Å². The predicted molar refractivity (Wildman–Crippen MR) is 76.3 cm³/mol. The van der Waals surface area contributed by atoms with Crippen LogP contribution in [0.25, 0.3) is 10.8 Å². The Balaban J connectivity index is 2.35. The third kappa shape index (κ3) is 3.06. The maximum atomic E-state index is 9.16. The summed E-state index contributed by atoms with van der Waals surface area (Å²) in [6.45, 7) is 6.57. The van der Waals surface area contributed by atoms with E-state index in [1.807, 2.05) is 51.1 Å². The average Bonchev–Trinajstić information content (AvgIpc) is 2.42. The van der Waals surface area contributed by atoms with Gasteiger partial charge in [-0.3, -0.25) is 0 Å². The predicted octanol–water partition coefficient (Wildman–Crippen LogP) is 3.40. The number of aliphatic hydroxyl groups excluding tert-OH is 1. The van der Waals surface area contributed by atoms with E-state index in [9.17, 15) is 0 Å². The van der Waals surface area contributed by atoms with Crippen LogP contribution in [0.15, 0.2) is 30.3 Å². The molecule has 0 aliphatic rings. The zero-order valence-electron chi connectivity index (χ0n) is 11.6. The monoisotopic (exact) mass is 260 g/mol. The first-order chi connectivity index (χ1) is 9.15. The molecule has 1 N–H and O–H groups in total. The minimum atomic E-state index is -0.252. The van der Waals surface area contributed by atoms with Crippen LogP contribution < -0.4 is 4.74 Å². The number of benzene rings is 2. The quantitative estimate of drug-likeness (QED) is 0.837. The zero-order valence-corrected chi connectivity index (χ0v) is 11.6. The molecule has 0 radical (unpaired) electrons. The van der Waals surface area contributed by atoms with Crippen molar-refractivity contribution in [2.24, 2.45) is 0 Å². The van der Waals surface area contributed by atoms with E-state index in [0.29, 0.717) is 6.61 Å². The maximum Gasteiger partial charge on any atom is 0.196 e. The molecule has 19 heavy (non-hydrogen) atoms. The molecule has 2 aromatic rings. The summed E-state index contributed by atoms with van der Waals surface area (Å²) in [5.74, 6) is 0.838. The SMILES string of the molecule is CCOC(C)Oc1ccc2cc(CO)ccc2c1C. The molecule has 3 nitrogen and oxygen atoms in total. The van der Waals surface area contributed by atoms with Crippen LogP contribution in [0.2, 0.25) is 0 Å². The molecule has 0 bridgehead atoms. The third-order valence-corrected chi connectivity index (χ3v) is 3.18. The Kier molecular flexibility index (Phi) is 4.40. The maximum absolute atomic E-state index is 9.16. The van der Waals surface area contributed by atoms with E-state index in [-0.39, 0.29) is 12.9 Å². The first-order valence-electron chi connectivity index (χ1n) is 6.57. The van der Waals surface area contributed by atoms with Gasteiger partial charge in [-0.05, 0) is 54.8 Å². The van der Waals surface area contributed by atoms with Gasteiger partial charge in [0.05, 0.1) is 6.61 Å². The van der Waals surface area contributed by atoms with Crippen LogP contribution in [0.5, 0.6) is 5.75 Å². The van der Waals surface area contributed by atoms with Crippen LogP contribution in [-0.4, -0.2) is 18.0 Å². The Labute approximate surface area is 113 Å². The molecule has 0 spiro atoms. The first-order valence-corrected chi connectivity index (χ1v) is 6.57. The fourth-order valence-corrected chi connectivity index (χ4v) is 2.19. The molecule has 102 valence electrons. The lowest BCUT2D eigenvalue weighted by Crippen LogP contribution is -2.16. The lowest BCUT2D eigenvalue weighted by molar-refractivity contribution is -0.0615. The summed E-state index contributed by atoms with van der Waals surface area (Å²) < 4.78 is 11.2. The Morgan fingerprint density at radius 2 is 2.00 bits per heavy atom. The molecule has 0 aromatic heterocycles. The van der Waals surface area contributed by atoms with Gasteiger partial charge in [0.2, 0.25) is 0 Å². The zero-order chi connectivity index (χ0) is 13.8. The van der Waals surface area contributed by atoms with Crippen molar-refractivity contribution in [3.8, 4) is 5.75 Å². The van der Waals surface area contributed by atoms with E-state index in [0.717, 1.165) is 27.6 Å². The van der Waals surface area contributed by atoms with Gasteiger partial charge < -0.3 is 14.6 Å². The van der Waals surface area contributed by atoms with E-state index >= 15 is 0 Å². The van der Waals surface area contributed by atoms with Gasteiger partial charge in [0.1, 0.15) is 5.75 Å². The molecule has 0 fully saturated rings.